The van der Waals surface area contributed by atoms with Gasteiger partial charge in [-0.15, -0.1) is 0 Å². The van der Waals surface area contributed by atoms with Crippen molar-refractivity contribution in [1.82, 2.24) is 9.88 Å². The summed E-state index contributed by atoms with van der Waals surface area (Å²) in [5, 5.41) is 0. The SMILES string of the molecule is CCOC(=O)CCN(Cc1ccncc1)C(=O)COc1cccc(C)c1C. The van der Waals surface area contributed by atoms with Crippen LogP contribution in [0.25, 0.3) is 0 Å². The molecule has 0 aliphatic rings. The van der Waals surface area contributed by atoms with E-state index in [0.717, 1.165) is 16.7 Å². The van der Waals surface area contributed by atoms with Crippen LogP contribution in [0, 0.1) is 13.8 Å². The monoisotopic (exact) mass is 370 g/mol. The Kier molecular flexibility index (Phi) is 7.79. The van der Waals surface area contributed by atoms with E-state index in [1.54, 1.807) is 24.2 Å². The lowest BCUT2D eigenvalue weighted by Crippen LogP contribution is -2.36. The highest BCUT2D eigenvalue weighted by molar-refractivity contribution is 5.78. The molecule has 1 aromatic carbocycles. The fourth-order valence-corrected chi connectivity index (χ4v) is 2.57. The topological polar surface area (TPSA) is 68.7 Å². The van der Waals surface area contributed by atoms with Crippen LogP contribution in [0.15, 0.2) is 42.7 Å². The van der Waals surface area contributed by atoms with Gasteiger partial charge in [0.05, 0.1) is 13.0 Å². The van der Waals surface area contributed by atoms with Crippen LogP contribution >= 0.6 is 0 Å². The van der Waals surface area contributed by atoms with Crippen LogP contribution in [0.3, 0.4) is 0 Å². The van der Waals surface area contributed by atoms with Gasteiger partial charge < -0.3 is 14.4 Å². The van der Waals surface area contributed by atoms with Gasteiger partial charge >= 0.3 is 5.97 Å². The summed E-state index contributed by atoms with van der Waals surface area (Å²) < 4.78 is 10.7. The number of esters is 1. The van der Waals surface area contributed by atoms with Crippen molar-refractivity contribution < 1.29 is 19.1 Å². The molecule has 0 N–H and O–H groups in total. The standard InChI is InChI=1S/C21H26N2O4/c1-4-26-21(25)10-13-23(14-18-8-11-22-12-9-18)20(24)15-27-19-7-5-6-16(2)17(19)3/h5-9,11-12H,4,10,13-15H2,1-3H3. The number of ether oxygens (including phenoxy) is 2. The van der Waals surface area contributed by atoms with E-state index in [0.29, 0.717) is 18.9 Å². The van der Waals surface area contributed by atoms with Crippen molar-refractivity contribution >= 4 is 11.9 Å². The van der Waals surface area contributed by atoms with Crippen LogP contribution in [0.2, 0.25) is 0 Å². The molecule has 0 radical (unpaired) electrons. The lowest BCUT2D eigenvalue weighted by atomic mass is 10.1. The zero-order valence-corrected chi connectivity index (χ0v) is 16.1. The smallest absolute Gasteiger partial charge is 0.307 e. The van der Waals surface area contributed by atoms with Crippen molar-refractivity contribution in [2.24, 2.45) is 0 Å². The van der Waals surface area contributed by atoms with Gasteiger partial charge in [0.2, 0.25) is 0 Å². The Morgan fingerprint density at radius 1 is 1.11 bits per heavy atom. The molecule has 0 unspecified atom stereocenters. The fraction of sp³-hybridized carbons (Fsp3) is 0.381. The van der Waals surface area contributed by atoms with Crippen LogP contribution in [-0.2, 0) is 20.9 Å². The largest absolute Gasteiger partial charge is 0.483 e. The van der Waals surface area contributed by atoms with E-state index in [9.17, 15) is 9.59 Å². The maximum atomic E-state index is 12.7. The first-order valence-electron chi connectivity index (χ1n) is 9.02. The fourth-order valence-electron chi connectivity index (χ4n) is 2.57. The maximum Gasteiger partial charge on any atom is 0.307 e. The van der Waals surface area contributed by atoms with Crippen molar-refractivity contribution in [2.75, 3.05) is 19.8 Å². The summed E-state index contributed by atoms with van der Waals surface area (Å²) >= 11 is 0. The molecule has 0 bridgehead atoms. The Morgan fingerprint density at radius 3 is 2.56 bits per heavy atom. The van der Waals surface area contributed by atoms with Crippen LogP contribution < -0.4 is 4.74 Å². The minimum Gasteiger partial charge on any atom is -0.483 e. The molecule has 0 saturated carbocycles. The van der Waals surface area contributed by atoms with Crippen LogP contribution in [0.4, 0.5) is 0 Å². The highest BCUT2D eigenvalue weighted by Crippen LogP contribution is 2.20. The zero-order chi connectivity index (χ0) is 19.6. The van der Waals surface area contributed by atoms with Crippen LogP contribution in [0.1, 0.15) is 30.0 Å². The average molecular weight is 370 g/mol. The number of aryl methyl sites for hydroxylation is 1. The third kappa shape index (κ3) is 6.40. The molecule has 6 nitrogen and oxygen atoms in total. The molecule has 0 spiro atoms. The molecule has 2 aromatic rings. The summed E-state index contributed by atoms with van der Waals surface area (Å²) in [6.07, 6.45) is 3.50. The summed E-state index contributed by atoms with van der Waals surface area (Å²) in [4.78, 5) is 30.0. The second-order valence-corrected chi connectivity index (χ2v) is 6.21. The Hall–Kier alpha value is -2.89. The van der Waals surface area contributed by atoms with Gasteiger partial charge in [0, 0.05) is 25.5 Å². The third-order valence-electron chi connectivity index (χ3n) is 4.27. The number of nitrogens with zero attached hydrogens (tertiary/aromatic N) is 2. The summed E-state index contributed by atoms with van der Waals surface area (Å²) in [6.45, 7) is 6.62. The number of pyridine rings is 1. The molecule has 27 heavy (non-hydrogen) atoms. The highest BCUT2D eigenvalue weighted by Gasteiger charge is 2.17. The average Bonchev–Trinajstić information content (AvgIpc) is 2.67. The van der Waals surface area contributed by atoms with E-state index in [1.165, 1.54) is 0 Å². The Morgan fingerprint density at radius 2 is 1.85 bits per heavy atom. The van der Waals surface area contributed by atoms with E-state index in [-0.39, 0.29) is 31.4 Å². The van der Waals surface area contributed by atoms with E-state index >= 15 is 0 Å². The minimum absolute atomic E-state index is 0.0851. The Balaban J connectivity index is 2.02. The first-order valence-corrected chi connectivity index (χ1v) is 9.02. The van der Waals surface area contributed by atoms with Crippen molar-refractivity contribution in [3.05, 3.63) is 59.4 Å². The second-order valence-electron chi connectivity index (χ2n) is 6.21. The minimum atomic E-state index is -0.319. The van der Waals surface area contributed by atoms with Crippen LogP contribution in [-0.4, -0.2) is 41.5 Å². The number of hydrogen-bond acceptors (Lipinski definition) is 5. The first-order chi connectivity index (χ1) is 13.0. The quantitative estimate of drug-likeness (QED) is 0.635. The Labute approximate surface area is 160 Å². The van der Waals surface area contributed by atoms with Gasteiger partial charge in [-0.3, -0.25) is 14.6 Å². The van der Waals surface area contributed by atoms with Gasteiger partial charge in [-0.2, -0.15) is 0 Å². The Bertz CT molecular complexity index is 762. The van der Waals surface area contributed by atoms with Crippen molar-refractivity contribution in [1.29, 1.82) is 0 Å². The number of carbonyl (C=O) groups is 2. The molecule has 0 fully saturated rings. The normalized spacial score (nSPS) is 10.3. The molecule has 0 aliphatic heterocycles. The van der Waals surface area contributed by atoms with Gasteiger partial charge in [-0.05, 0) is 55.7 Å². The van der Waals surface area contributed by atoms with Crippen LogP contribution in [0.5, 0.6) is 5.75 Å². The molecular formula is C21H26N2O4. The van der Waals surface area contributed by atoms with Crippen molar-refractivity contribution in [2.45, 2.75) is 33.7 Å². The maximum absolute atomic E-state index is 12.7. The number of amides is 1. The van der Waals surface area contributed by atoms with Gasteiger partial charge in [-0.1, -0.05) is 12.1 Å². The lowest BCUT2D eigenvalue weighted by Gasteiger charge is -2.23. The summed E-state index contributed by atoms with van der Waals surface area (Å²) in [7, 11) is 0. The van der Waals surface area contributed by atoms with Crippen molar-refractivity contribution in [3.8, 4) is 5.75 Å². The molecule has 0 aliphatic carbocycles. The predicted octanol–water partition coefficient (Wildman–Crippen LogP) is 3.06. The predicted molar refractivity (Wildman–Crippen MR) is 102 cm³/mol. The number of hydrogen-bond donors (Lipinski definition) is 0. The molecule has 1 aromatic heterocycles. The second kappa shape index (κ2) is 10.3. The molecule has 0 atom stereocenters. The first kappa shape index (κ1) is 20.4. The highest BCUT2D eigenvalue weighted by atomic mass is 16.5. The van der Waals surface area contributed by atoms with Gasteiger partial charge in [-0.25, -0.2) is 0 Å². The van der Waals surface area contributed by atoms with Gasteiger partial charge in [0.1, 0.15) is 5.75 Å². The van der Waals surface area contributed by atoms with Gasteiger partial charge in [0.25, 0.3) is 5.91 Å². The van der Waals surface area contributed by atoms with E-state index in [1.807, 2.05) is 44.2 Å². The van der Waals surface area contributed by atoms with Gasteiger partial charge in [0.15, 0.2) is 6.61 Å². The molecule has 1 heterocycles. The molecule has 2 rings (SSSR count). The summed E-state index contributed by atoms with van der Waals surface area (Å²) in [5.41, 5.74) is 3.06. The molecule has 1 amide bonds. The number of benzene rings is 1. The molecule has 6 heteroatoms. The van der Waals surface area contributed by atoms with E-state index in [4.69, 9.17) is 9.47 Å². The molecule has 144 valence electrons. The number of carbonyl (C=O) groups excluding carboxylic acids is 2. The van der Waals surface area contributed by atoms with E-state index in [2.05, 4.69) is 4.98 Å². The number of rotatable bonds is 9. The summed E-state index contributed by atoms with van der Waals surface area (Å²) in [5.74, 6) is 0.190. The van der Waals surface area contributed by atoms with Crippen molar-refractivity contribution in [3.63, 3.8) is 0 Å². The third-order valence-corrected chi connectivity index (χ3v) is 4.27. The molecular weight excluding hydrogens is 344 g/mol. The van der Waals surface area contributed by atoms with E-state index < -0.39 is 0 Å². The zero-order valence-electron chi connectivity index (χ0n) is 16.1. The number of aromatic nitrogens is 1. The lowest BCUT2D eigenvalue weighted by molar-refractivity contribution is -0.144. The summed E-state index contributed by atoms with van der Waals surface area (Å²) in [6, 6.07) is 9.44. The molecule has 0 saturated heterocycles.